The first-order chi connectivity index (χ1) is 7.61. The van der Waals surface area contributed by atoms with Crippen molar-refractivity contribution in [2.24, 2.45) is 5.92 Å². The van der Waals surface area contributed by atoms with Gasteiger partial charge in [0, 0.05) is 19.2 Å². The van der Waals surface area contributed by atoms with Crippen LogP contribution in [0.2, 0.25) is 5.15 Å². The van der Waals surface area contributed by atoms with Crippen LogP contribution in [0.1, 0.15) is 25.6 Å². The summed E-state index contributed by atoms with van der Waals surface area (Å²) in [6.45, 7) is 4.92. The van der Waals surface area contributed by atoms with Crippen LogP contribution in [0.3, 0.4) is 0 Å². The van der Waals surface area contributed by atoms with Gasteiger partial charge < -0.3 is 10.4 Å². The van der Waals surface area contributed by atoms with E-state index >= 15 is 0 Å². The Morgan fingerprint density at radius 3 is 2.88 bits per heavy atom. The molecule has 0 saturated carbocycles. The van der Waals surface area contributed by atoms with E-state index in [1.807, 2.05) is 13.8 Å². The molecule has 0 saturated heterocycles. The monoisotopic (exact) mass is 243 g/mol. The second kappa shape index (κ2) is 6.66. The van der Waals surface area contributed by atoms with Gasteiger partial charge in [-0.2, -0.15) is 0 Å². The fourth-order valence-corrected chi connectivity index (χ4v) is 1.61. The average Bonchev–Trinajstić information content (AvgIpc) is 2.22. The maximum absolute atomic E-state index is 8.87. The Kier molecular flexibility index (Phi) is 5.49. The van der Waals surface area contributed by atoms with Crippen molar-refractivity contribution in [1.82, 2.24) is 9.97 Å². The number of halogens is 1. The van der Waals surface area contributed by atoms with Gasteiger partial charge in [-0.1, -0.05) is 18.5 Å². The maximum atomic E-state index is 8.87. The number of nitrogens with one attached hydrogen (secondary N) is 1. The minimum absolute atomic E-state index is 0.248. The van der Waals surface area contributed by atoms with Gasteiger partial charge in [-0.05, 0) is 25.7 Å². The van der Waals surface area contributed by atoms with Crippen LogP contribution in [0.25, 0.3) is 0 Å². The molecule has 16 heavy (non-hydrogen) atoms. The Balaban J connectivity index is 2.32. The molecule has 90 valence electrons. The number of nitrogens with zero attached hydrogens (tertiary/aromatic N) is 2. The molecule has 0 fully saturated rings. The van der Waals surface area contributed by atoms with E-state index < -0.39 is 0 Å². The predicted molar refractivity (Wildman–Crippen MR) is 65.8 cm³/mol. The van der Waals surface area contributed by atoms with Crippen LogP contribution in [0.15, 0.2) is 6.07 Å². The quantitative estimate of drug-likeness (QED) is 0.594. The molecule has 1 unspecified atom stereocenters. The van der Waals surface area contributed by atoms with Gasteiger partial charge in [0.2, 0.25) is 0 Å². The average molecular weight is 244 g/mol. The molecule has 0 spiro atoms. The summed E-state index contributed by atoms with van der Waals surface area (Å²) in [6, 6.07) is 1.71. The largest absolute Gasteiger partial charge is 0.396 e. The van der Waals surface area contributed by atoms with E-state index in [1.165, 1.54) is 0 Å². The molecule has 0 amide bonds. The zero-order valence-electron chi connectivity index (χ0n) is 9.70. The molecule has 1 aromatic rings. The summed E-state index contributed by atoms with van der Waals surface area (Å²) in [5, 5.41) is 12.5. The second-order valence-corrected chi connectivity index (χ2v) is 4.37. The van der Waals surface area contributed by atoms with E-state index in [2.05, 4.69) is 15.3 Å². The highest BCUT2D eigenvalue weighted by Crippen LogP contribution is 2.11. The van der Waals surface area contributed by atoms with E-state index in [1.54, 1.807) is 6.07 Å². The first-order valence-corrected chi connectivity index (χ1v) is 5.85. The highest BCUT2D eigenvalue weighted by molar-refractivity contribution is 6.29. The summed E-state index contributed by atoms with van der Waals surface area (Å²) in [6.07, 6.45) is 2.00. The number of hydrogen-bond donors (Lipinski definition) is 2. The lowest BCUT2D eigenvalue weighted by Gasteiger charge is -2.09. The van der Waals surface area contributed by atoms with E-state index in [0.717, 1.165) is 25.2 Å². The van der Waals surface area contributed by atoms with Crippen LogP contribution in [0.5, 0.6) is 0 Å². The maximum Gasteiger partial charge on any atom is 0.134 e. The third-order valence-electron chi connectivity index (χ3n) is 2.30. The Bertz CT molecular complexity index is 313. The van der Waals surface area contributed by atoms with Crippen LogP contribution in [-0.4, -0.2) is 28.2 Å². The van der Waals surface area contributed by atoms with Crippen molar-refractivity contribution in [3.63, 3.8) is 0 Å². The topological polar surface area (TPSA) is 58.0 Å². The van der Waals surface area contributed by atoms with Gasteiger partial charge in [0.15, 0.2) is 0 Å². The molecule has 5 heteroatoms. The van der Waals surface area contributed by atoms with Crippen molar-refractivity contribution in [2.75, 3.05) is 18.5 Å². The first kappa shape index (κ1) is 13.2. The molecule has 1 aromatic heterocycles. The Morgan fingerprint density at radius 2 is 2.25 bits per heavy atom. The lowest BCUT2D eigenvalue weighted by Crippen LogP contribution is -2.08. The van der Waals surface area contributed by atoms with Crippen molar-refractivity contribution in [3.05, 3.63) is 17.0 Å². The number of anilines is 1. The summed E-state index contributed by atoms with van der Waals surface area (Å²) >= 11 is 5.81. The van der Waals surface area contributed by atoms with Crippen molar-refractivity contribution < 1.29 is 5.11 Å². The van der Waals surface area contributed by atoms with Crippen molar-refractivity contribution in [3.8, 4) is 0 Å². The molecule has 1 atom stereocenters. The number of aryl methyl sites for hydroxylation is 1. The normalized spacial score (nSPS) is 12.5. The van der Waals surface area contributed by atoms with Crippen LogP contribution in [0.4, 0.5) is 5.82 Å². The molecular weight excluding hydrogens is 226 g/mol. The second-order valence-electron chi connectivity index (χ2n) is 3.98. The third kappa shape index (κ3) is 4.77. The van der Waals surface area contributed by atoms with Gasteiger partial charge in [0.1, 0.15) is 16.8 Å². The van der Waals surface area contributed by atoms with Crippen LogP contribution in [-0.2, 0) is 0 Å². The minimum atomic E-state index is 0.248. The molecule has 0 aliphatic rings. The van der Waals surface area contributed by atoms with Crippen molar-refractivity contribution in [1.29, 1.82) is 0 Å². The lowest BCUT2D eigenvalue weighted by molar-refractivity contribution is 0.229. The molecule has 1 rings (SSSR count). The first-order valence-electron chi connectivity index (χ1n) is 5.47. The summed E-state index contributed by atoms with van der Waals surface area (Å²) in [5.74, 6) is 1.78. The van der Waals surface area contributed by atoms with Crippen LogP contribution >= 0.6 is 11.6 Å². The zero-order chi connectivity index (χ0) is 12.0. The molecule has 1 heterocycles. The molecule has 2 N–H and O–H groups in total. The van der Waals surface area contributed by atoms with Crippen LogP contribution in [0, 0.1) is 12.8 Å². The summed E-state index contributed by atoms with van der Waals surface area (Å²) in [5.41, 5.74) is 0. The Hall–Kier alpha value is -0.870. The predicted octanol–water partition coefficient (Wildman–Crippen LogP) is 2.26. The van der Waals surface area contributed by atoms with Gasteiger partial charge in [0.25, 0.3) is 0 Å². The van der Waals surface area contributed by atoms with Crippen molar-refractivity contribution >= 4 is 17.4 Å². The molecule has 0 aliphatic heterocycles. The van der Waals surface area contributed by atoms with Gasteiger partial charge >= 0.3 is 0 Å². The van der Waals surface area contributed by atoms with Gasteiger partial charge in [-0.25, -0.2) is 9.97 Å². The minimum Gasteiger partial charge on any atom is -0.396 e. The van der Waals surface area contributed by atoms with Crippen molar-refractivity contribution in [2.45, 2.75) is 26.7 Å². The number of rotatable bonds is 6. The molecule has 0 bridgehead atoms. The van der Waals surface area contributed by atoms with E-state index in [0.29, 0.717) is 16.9 Å². The standard InChI is InChI=1S/C11H18ClN3O/c1-8(7-16)4-3-5-13-11-6-10(12)14-9(2)15-11/h6,8,16H,3-5,7H2,1-2H3,(H,13,14,15). The number of aromatic nitrogens is 2. The zero-order valence-corrected chi connectivity index (χ0v) is 10.5. The SMILES string of the molecule is Cc1nc(Cl)cc(NCCCC(C)CO)n1. The molecule has 0 aromatic carbocycles. The molecule has 4 nitrogen and oxygen atoms in total. The van der Waals surface area contributed by atoms with Gasteiger partial charge in [0.05, 0.1) is 0 Å². The fraction of sp³-hybridized carbons (Fsp3) is 0.636. The smallest absolute Gasteiger partial charge is 0.134 e. The molecule has 0 aliphatic carbocycles. The van der Waals surface area contributed by atoms with E-state index in [-0.39, 0.29) is 6.61 Å². The van der Waals surface area contributed by atoms with E-state index in [9.17, 15) is 0 Å². The summed E-state index contributed by atoms with van der Waals surface area (Å²) in [4.78, 5) is 8.20. The highest BCUT2D eigenvalue weighted by atomic mass is 35.5. The number of aliphatic hydroxyl groups excluding tert-OH is 1. The Labute approximate surface area is 101 Å². The highest BCUT2D eigenvalue weighted by Gasteiger charge is 2.01. The fourth-order valence-electron chi connectivity index (χ4n) is 1.38. The lowest BCUT2D eigenvalue weighted by atomic mass is 10.1. The Morgan fingerprint density at radius 1 is 1.50 bits per heavy atom. The molecule has 0 radical (unpaired) electrons. The molecular formula is C11H18ClN3O. The van der Waals surface area contributed by atoms with Gasteiger partial charge in [-0.3, -0.25) is 0 Å². The number of aliphatic hydroxyl groups is 1. The van der Waals surface area contributed by atoms with Crippen LogP contribution < -0.4 is 5.32 Å². The van der Waals surface area contributed by atoms with E-state index in [4.69, 9.17) is 16.7 Å². The summed E-state index contributed by atoms with van der Waals surface area (Å²) in [7, 11) is 0. The third-order valence-corrected chi connectivity index (χ3v) is 2.49. The summed E-state index contributed by atoms with van der Waals surface area (Å²) < 4.78 is 0. The van der Waals surface area contributed by atoms with Gasteiger partial charge in [-0.15, -0.1) is 0 Å². The number of hydrogen-bond acceptors (Lipinski definition) is 4.